The zero-order valence-electron chi connectivity index (χ0n) is 10.7. The van der Waals surface area contributed by atoms with Crippen LogP contribution in [-0.4, -0.2) is 10.8 Å². The van der Waals surface area contributed by atoms with Crippen molar-refractivity contribution >= 4 is 28.7 Å². The number of nitrogens with one attached hydrogen (secondary N) is 1. The number of carbonyl (C=O) groups is 1. The lowest BCUT2D eigenvalue weighted by molar-refractivity contribution is 0.0986. The second kappa shape index (κ2) is 4.22. The van der Waals surface area contributed by atoms with Crippen LogP contribution in [0.3, 0.4) is 0 Å². The Morgan fingerprint density at radius 2 is 1.53 bits per heavy atom. The van der Waals surface area contributed by atoms with Gasteiger partial charge in [0.25, 0.3) is 0 Å². The number of thiocarbonyl (C=S) groups is 1. The number of Topliss-reactive ketones (excluding diaryl/α,β-unsaturated/α-hetero) is 1. The Hall–Kier alpha value is -1.22. The Bertz CT molecular complexity index is 532. The summed E-state index contributed by atoms with van der Waals surface area (Å²) in [5, 5.41) is 3.24. The molecule has 0 fully saturated rings. The minimum absolute atomic E-state index is 0.205. The standard InChI is InChI=1S/C14H17NOS/c1-7-8(2)10(4)14-13(9(7)3)11(16)5-6-12(17)15-14/h5-6H2,1-4H3,(H,15,17). The van der Waals surface area contributed by atoms with Crippen LogP contribution in [0, 0.1) is 27.7 Å². The van der Waals surface area contributed by atoms with Crippen molar-refractivity contribution in [1.29, 1.82) is 0 Å². The summed E-state index contributed by atoms with van der Waals surface area (Å²) in [6, 6.07) is 0. The Morgan fingerprint density at radius 3 is 2.18 bits per heavy atom. The van der Waals surface area contributed by atoms with Crippen LogP contribution in [-0.2, 0) is 0 Å². The molecule has 1 N–H and O–H groups in total. The van der Waals surface area contributed by atoms with E-state index >= 15 is 0 Å². The number of rotatable bonds is 0. The van der Waals surface area contributed by atoms with Gasteiger partial charge in [-0.2, -0.15) is 0 Å². The van der Waals surface area contributed by atoms with Gasteiger partial charge in [0.05, 0.1) is 10.7 Å². The average molecular weight is 247 g/mol. The molecule has 17 heavy (non-hydrogen) atoms. The molecular formula is C14H17NOS. The van der Waals surface area contributed by atoms with E-state index in [0.29, 0.717) is 12.8 Å². The van der Waals surface area contributed by atoms with Crippen LogP contribution in [0.2, 0.25) is 0 Å². The Balaban J connectivity index is 2.79. The quantitative estimate of drug-likeness (QED) is 0.710. The number of hydrogen-bond donors (Lipinski definition) is 1. The van der Waals surface area contributed by atoms with Gasteiger partial charge in [0, 0.05) is 18.4 Å². The van der Waals surface area contributed by atoms with E-state index in [1.807, 2.05) is 6.92 Å². The average Bonchev–Trinajstić information content (AvgIpc) is 2.44. The number of hydrogen-bond acceptors (Lipinski definition) is 2. The van der Waals surface area contributed by atoms with Crippen molar-refractivity contribution < 1.29 is 4.79 Å². The topological polar surface area (TPSA) is 29.1 Å². The molecule has 2 nitrogen and oxygen atoms in total. The minimum Gasteiger partial charge on any atom is -0.349 e. The molecule has 1 aliphatic heterocycles. The van der Waals surface area contributed by atoms with E-state index < -0.39 is 0 Å². The lowest BCUT2D eigenvalue weighted by Gasteiger charge is -2.18. The first-order valence-electron chi connectivity index (χ1n) is 5.87. The van der Waals surface area contributed by atoms with Gasteiger partial charge in [0.15, 0.2) is 5.78 Å². The van der Waals surface area contributed by atoms with Gasteiger partial charge in [-0.05, 0) is 49.9 Å². The van der Waals surface area contributed by atoms with Gasteiger partial charge in [0.1, 0.15) is 0 Å². The third-order valence-corrected chi connectivity index (χ3v) is 4.12. The molecule has 0 amide bonds. The molecule has 3 heteroatoms. The van der Waals surface area contributed by atoms with Crippen LogP contribution < -0.4 is 5.32 Å². The first kappa shape index (κ1) is 12.2. The normalized spacial score (nSPS) is 15.3. The molecule has 90 valence electrons. The van der Waals surface area contributed by atoms with Crippen molar-refractivity contribution in [2.75, 3.05) is 5.32 Å². The molecule has 0 atom stereocenters. The first-order chi connectivity index (χ1) is 7.93. The van der Waals surface area contributed by atoms with Gasteiger partial charge in [-0.3, -0.25) is 4.79 Å². The highest BCUT2D eigenvalue weighted by molar-refractivity contribution is 7.80. The highest BCUT2D eigenvalue weighted by Crippen LogP contribution is 2.33. The van der Waals surface area contributed by atoms with E-state index in [0.717, 1.165) is 27.4 Å². The molecular weight excluding hydrogens is 230 g/mol. The van der Waals surface area contributed by atoms with Crippen LogP contribution >= 0.6 is 12.2 Å². The first-order valence-corrected chi connectivity index (χ1v) is 6.27. The number of carbonyl (C=O) groups excluding carboxylic acids is 1. The highest BCUT2D eigenvalue weighted by Gasteiger charge is 2.23. The summed E-state index contributed by atoms with van der Waals surface area (Å²) in [5.74, 6) is 0.205. The van der Waals surface area contributed by atoms with Crippen molar-refractivity contribution in [3.63, 3.8) is 0 Å². The maximum atomic E-state index is 12.2. The van der Waals surface area contributed by atoms with Gasteiger partial charge in [0.2, 0.25) is 0 Å². The number of benzene rings is 1. The summed E-state index contributed by atoms with van der Waals surface area (Å²) < 4.78 is 0. The molecule has 0 spiro atoms. The maximum absolute atomic E-state index is 12.2. The van der Waals surface area contributed by atoms with E-state index in [4.69, 9.17) is 12.2 Å². The zero-order chi connectivity index (χ0) is 12.7. The van der Waals surface area contributed by atoms with Crippen molar-refractivity contribution in [3.05, 3.63) is 27.8 Å². The van der Waals surface area contributed by atoms with Crippen LogP contribution in [0.15, 0.2) is 0 Å². The van der Waals surface area contributed by atoms with Crippen LogP contribution in [0.25, 0.3) is 0 Å². The molecule has 1 aromatic carbocycles. The van der Waals surface area contributed by atoms with E-state index in [9.17, 15) is 4.79 Å². The summed E-state index contributed by atoms with van der Waals surface area (Å²) >= 11 is 5.24. The fourth-order valence-electron chi connectivity index (χ4n) is 2.37. The van der Waals surface area contributed by atoms with Gasteiger partial charge in [-0.1, -0.05) is 12.2 Å². The third kappa shape index (κ3) is 1.89. The largest absolute Gasteiger partial charge is 0.349 e. The molecule has 0 unspecified atom stereocenters. The number of ketones is 1. The van der Waals surface area contributed by atoms with E-state index in [-0.39, 0.29) is 5.78 Å². The lowest BCUT2D eigenvalue weighted by atomic mass is 9.90. The molecule has 0 bridgehead atoms. The zero-order valence-corrected chi connectivity index (χ0v) is 11.5. The van der Waals surface area contributed by atoms with Crippen LogP contribution in [0.4, 0.5) is 5.69 Å². The third-order valence-electron chi connectivity index (χ3n) is 3.81. The maximum Gasteiger partial charge on any atom is 0.165 e. The second-order valence-electron chi connectivity index (χ2n) is 4.72. The Morgan fingerprint density at radius 1 is 0.941 bits per heavy atom. The van der Waals surface area contributed by atoms with Crippen molar-refractivity contribution in [3.8, 4) is 0 Å². The van der Waals surface area contributed by atoms with Crippen molar-refractivity contribution in [1.82, 2.24) is 0 Å². The fraction of sp³-hybridized carbons (Fsp3) is 0.429. The fourth-order valence-corrected chi connectivity index (χ4v) is 2.58. The van der Waals surface area contributed by atoms with Gasteiger partial charge in [-0.25, -0.2) is 0 Å². The molecule has 0 saturated carbocycles. The molecule has 1 aromatic rings. The molecule has 2 rings (SSSR count). The van der Waals surface area contributed by atoms with Gasteiger partial charge in [-0.15, -0.1) is 0 Å². The van der Waals surface area contributed by atoms with E-state index in [1.165, 1.54) is 11.1 Å². The molecule has 0 aliphatic carbocycles. The molecule has 1 aliphatic rings. The monoisotopic (exact) mass is 247 g/mol. The SMILES string of the molecule is Cc1c(C)c(C)c2c(c1C)NC(=S)CCC2=O. The smallest absolute Gasteiger partial charge is 0.165 e. The molecule has 0 aromatic heterocycles. The highest BCUT2D eigenvalue weighted by atomic mass is 32.1. The van der Waals surface area contributed by atoms with Crippen LogP contribution in [0.5, 0.6) is 0 Å². The van der Waals surface area contributed by atoms with Crippen molar-refractivity contribution in [2.45, 2.75) is 40.5 Å². The molecule has 0 radical (unpaired) electrons. The molecule has 1 heterocycles. The van der Waals surface area contributed by atoms with Crippen molar-refractivity contribution in [2.24, 2.45) is 0 Å². The summed E-state index contributed by atoms with van der Waals surface area (Å²) in [6.07, 6.45) is 1.17. The Labute approximate surface area is 107 Å². The summed E-state index contributed by atoms with van der Waals surface area (Å²) in [7, 11) is 0. The predicted molar refractivity (Wildman–Crippen MR) is 75.2 cm³/mol. The lowest BCUT2D eigenvalue weighted by Crippen LogP contribution is -2.11. The summed E-state index contributed by atoms with van der Waals surface area (Å²) in [4.78, 5) is 13.0. The van der Waals surface area contributed by atoms with Crippen LogP contribution in [0.1, 0.15) is 45.5 Å². The minimum atomic E-state index is 0.205. The van der Waals surface area contributed by atoms with Gasteiger partial charge < -0.3 is 5.32 Å². The Kier molecular flexibility index (Phi) is 3.04. The van der Waals surface area contributed by atoms with E-state index in [1.54, 1.807) is 0 Å². The predicted octanol–water partition coefficient (Wildman–Crippen LogP) is 3.64. The van der Waals surface area contributed by atoms with Gasteiger partial charge >= 0.3 is 0 Å². The summed E-state index contributed by atoms with van der Waals surface area (Å²) in [6.45, 7) is 8.25. The van der Waals surface area contributed by atoms with E-state index in [2.05, 4.69) is 26.1 Å². The number of fused-ring (bicyclic) bond motifs is 1. The molecule has 0 saturated heterocycles. The number of anilines is 1. The second-order valence-corrected chi connectivity index (χ2v) is 5.21. The summed E-state index contributed by atoms with van der Waals surface area (Å²) in [5.41, 5.74) is 6.45.